The van der Waals surface area contributed by atoms with Crippen LogP contribution in [0.5, 0.6) is 0 Å². The third-order valence-electron chi connectivity index (χ3n) is 16.1. The van der Waals surface area contributed by atoms with Gasteiger partial charge in [0.25, 0.3) is 0 Å². The fraction of sp³-hybridized carbons (Fsp3) is 0.348. The molecule has 0 spiro atoms. The summed E-state index contributed by atoms with van der Waals surface area (Å²) < 4.78 is 123. The molecule has 3 atom stereocenters. The van der Waals surface area contributed by atoms with E-state index in [0.717, 1.165) is 33.5 Å². The van der Waals surface area contributed by atoms with Gasteiger partial charge in [0.05, 0.1) is 19.6 Å². The van der Waals surface area contributed by atoms with Crippen LogP contribution in [0.15, 0.2) is 165 Å². The Hall–Kier alpha value is -7.95. The van der Waals surface area contributed by atoms with Crippen LogP contribution in [0.1, 0.15) is 57.8 Å². The van der Waals surface area contributed by atoms with Crippen molar-refractivity contribution in [2.75, 3.05) is 95.6 Å². The highest BCUT2D eigenvalue weighted by Crippen LogP contribution is 2.35. The highest BCUT2D eigenvalue weighted by Gasteiger charge is 2.32. The van der Waals surface area contributed by atoms with Crippen molar-refractivity contribution < 1.29 is 48.1 Å². The summed E-state index contributed by atoms with van der Waals surface area (Å²) in [5.74, 6) is -2.42. The maximum atomic E-state index is 14.4. The highest BCUT2D eigenvalue weighted by molar-refractivity contribution is 7.90. The fourth-order valence-electron chi connectivity index (χ4n) is 11.4. The van der Waals surface area contributed by atoms with Crippen LogP contribution in [0.3, 0.4) is 0 Å². The minimum absolute atomic E-state index is 0.00167. The van der Waals surface area contributed by atoms with E-state index in [1.54, 1.807) is 78.9 Å². The Morgan fingerprint density at radius 1 is 0.348 bits per heavy atom. The number of unbranched alkanes of at least 4 members (excludes halogenated alkanes) is 3. The number of nitrogens with two attached hydrogens (primary N) is 1. The van der Waals surface area contributed by atoms with Crippen molar-refractivity contribution in [3.8, 4) is 0 Å². The molecule has 8 rings (SSSR count). The summed E-state index contributed by atoms with van der Waals surface area (Å²) in [6.45, 7) is -0.0540. The molecule has 0 fully saturated rings. The first-order chi connectivity index (χ1) is 43.6. The molecular weight excluding hydrogens is 1250 g/mol. The zero-order valence-corrected chi connectivity index (χ0v) is 56.3. The Balaban J connectivity index is 0.933. The number of sulfonamides is 4. The van der Waals surface area contributed by atoms with E-state index in [-0.39, 0.29) is 97.0 Å². The van der Waals surface area contributed by atoms with Crippen LogP contribution in [0.2, 0.25) is 0 Å². The molecule has 8 N–H and O–H groups in total. The Morgan fingerprint density at radius 3 is 0.935 bits per heavy atom. The number of carbonyl (C=O) groups is 3. The molecule has 0 saturated heterocycles. The van der Waals surface area contributed by atoms with Crippen LogP contribution in [0.25, 0.3) is 43.1 Å². The van der Waals surface area contributed by atoms with Crippen LogP contribution in [-0.4, -0.2) is 146 Å². The van der Waals surface area contributed by atoms with Gasteiger partial charge in [-0.15, -0.1) is 0 Å². The van der Waals surface area contributed by atoms with Gasteiger partial charge in [0.2, 0.25) is 57.8 Å². The topological polar surface area (TPSA) is 299 Å². The Kier molecular flexibility index (Phi) is 23.0. The first-order valence-electron chi connectivity index (χ1n) is 30.3. The number of hydrogen-bond donors (Lipinski definition) is 7. The molecule has 92 heavy (non-hydrogen) atoms. The van der Waals surface area contributed by atoms with Crippen molar-refractivity contribution in [3.63, 3.8) is 0 Å². The molecule has 3 amide bonds. The summed E-state index contributed by atoms with van der Waals surface area (Å²) in [5, 5.41) is 10.2. The second-order valence-electron chi connectivity index (χ2n) is 23.5. The minimum Gasteiger partial charge on any atom is -0.377 e. The third kappa shape index (κ3) is 16.6. The van der Waals surface area contributed by atoms with Gasteiger partial charge < -0.3 is 36.0 Å². The molecule has 0 heterocycles. The van der Waals surface area contributed by atoms with Crippen molar-refractivity contribution >= 4 is 124 Å². The van der Waals surface area contributed by atoms with Crippen molar-refractivity contribution in [3.05, 3.63) is 146 Å². The van der Waals surface area contributed by atoms with Gasteiger partial charge in [-0.05, 0) is 93.5 Å². The van der Waals surface area contributed by atoms with E-state index in [9.17, 15) is 48.1 Å². The van der Waals surface area contributed by atoms with Crippen LogP contribution in [0, 0.1) is 0 Å². The van der Waals surface area contributed by atoms with Gasteiger partial charge in [0.1, 0.15) is 18.1 Å². The van der Waals surface area contributed by atoms with Gasteiger partial charge in [-0.1, -0.05) is 110 Å². The molecule has 492 valence electrons. The SMILES string of the molecule is CN(C)c1cccc2c(S(=O)(=O)NCCCC[C@@H](NS(=O)(=O)c3cccc4c(N(C)C)cccc34)C(=O)NCCCC[C@@H](NC(=O)[C@@H](CCCCNS(=O)(=O)c3cccc4c(N(C)C)cccc34)NS(=O)(=O)c3cccc4c(N(C)C)cccc34)C(N)=O)cccc12. The van der Waals surface area contributed by atoms with E-state index in [4.69, 9.17) is 5.73 Å². The fourth-order valence-corrected chi connectivity index (χ4v) is 16.9. The molecule has 0 saturated carbocycles. The van der Waals surface area contributed by atoms with Crippen molar-refractivity contribution in [2.24, 2.45) is 5.73 Å². The summed E-state index contributed by atoms with van der Waals surface area (Å²) in [6, 6.07) is 37.1. The molecule has 0 bridgehead atoms. The lowest BCUT2D eigenvalue weighted by Crippen LogP contribution is -2.53. The van der Waals surface area contributed by atoms with Crippen molar-refractivity contribution in [1.29, 1.82) is 0 Å². The van der Waals surface area contributed by atoms with Crippen LogP contribution >= 0.6 is 0 Å². The second-order valence-corrected chi connectivity index (χ2v) is 30.3. The number of nitrogens with zero attached hydrogens (tertiary/aromatic N) is 4. The number of hydrogen-bond acceptors (Lipinski definition) is 15. The maximum absolute atomic E-state index is 14.4. The largest absolute Gasteiger partial charge is 0.377 e. The lowest BCUT2D eigenvalue weighted by molar-refractivity contribution is -0.128. The summed E-state index contributed by atoms with van der Waals surface area (Å²) >= 11 is 0. The molecule has 8 aromatic carbocycles. The quantitative estimate of drug-likeness (QED) is 0.0202. The molecule has 0 aromatic heterocycles. The number of benzene rings is 8. The second kappa shape index (κ2) is 30.2. The number of carbonyl (C=O) groups excluding carboxylic acids is 3. The number of nitrogens with one attached hydrogen (secondary N) is 6. The molecule has 0 aliphatic carbocycles. The van der Waals surface area contributed by atoms with Gasteiger partial charge in [0, 0.05) is 142 Å². The van der Waals surface area contributed by atoms with Crippen LogP contribution in [-0.2, 0) is 54.5 Å². The number of amides is 3. The normalized spacial score (nSPS) is 13.2. The lowest BCUT2D eigenvalue weighted by Gasteiger charge is -2.23. The van der Waals surface area contributed by atoms with E-state index >= 15 is 0 Å². The zero-order chi connectivity index (χ0) is 66.7. The van der Waals surface area contributed by atoms with Gasteiger partial charge in [-0.2, -0.15) is 9.44 Å². The summed E-state index contributed by atoms with van der Waals surface area (Å²) in [5.41, 5.74) is 9.11. The van der Waals surface area contributed by atoms with Crippen molar-refractivity contribution in [2.45, 2.75) is 95.5 Å². The molecule has 0 aliphatic rings. The van der Waals surface area contributed by atoms with E-state index in [0.29, 0.717) is 32.3 Å². The number of fused-ring (bicyclic) bond motifs is 4. The number of rotatable bonds is 33. The first-order valence-corrected chi connectivity index (χ1v) is 36.2. The standard InChI is InChI=1S/C66H83N11O11S4/c1-74(2)56-34-15-27-49-45(56)23-19-38-60(49)89(81,82)69-43-13-10-32-54(72-91(85,86)62-40-21-25-47-51(62)29-17-36-58(47)76(5)6)65(79)68-42-12-9-31-53(64(67)78)71-66(80)55(73-92(87,88)63-41-22-26-48-52(63)30-18-37-59(48)77(7)8)33-11-14-44-70-90(83,84)61-39-20-24-46-50(61)28-16-35-57(46)75(3)4/h15-30,34-41,53-55,69-70,72-73H,9-14,31-33,42-44H2,1-8H3,(H2,67,78)(H,68,79)(H,71,80)/t53-,54-,55-/m1/s1. The highest BCUT2D eigenvalue weighted by atomic mass is 32.2. The Morgan fingerprint density at radius 2 is 0.620 bits per heavy atom. The summed E-state index contributed by atoms with van der Waals surface area (Å²) in [7, 11) is -2.02. The average Bonchev–Trinajstić information content (AvgIpc) is 0.813. The third-order valence-corrected chi connectivity index (χ3v) is 22.1. The minimum atomic E-state index is -4.45. The average molecular weight is 1330 g/mol. The Bertz CT molecular complexity index is 4470. The number of primary amides is 1. The summed E-state index contributed by atoms with van der Waals surface area (Å²) in [4.78, 5) is 49.2. The summed E-state index contributed by atoms with van der Waals surface area (Å²) in [6.07, 6.45) is 1.09. The zero-order valence-electron chi connectivity index (χ0n) is 53.1. The first kappa shape index (κ1) is 69.9. The van der Waals surface area contributed by atoms with Crippen LogP contribution < -0.4 is 54.9 Å². The molecule has 26 heteroatoms. The molecule has 0 radical (unpaired) electrons. The smallest absolute Gasteiger partial charge is 0.241 e. The van der Waals surface area contributed by atoms with E-state index in [1.807, 2.05) is 118 Å². The molecular formula is C66H83N11O11S4. The van der Waals surface area contributed by atoms with Gasteiger partial charge in [0.15, 0.2) is 0 Å². The molecule has 0 aliphatic heterocycles. The molecule has 22 nitrogen and oxygen atoms in total. The van der Waals surface area contributed by atoms with Crippen LogP contribution in [0.4, 0.5) is 22.7 Å². The van der Waals surface area contributed by atoms with Gasteiger partial charge in [-0.3, -0.25) is 14.4 Å². The predicted molar refractivity (Wildman–Crippen MR) is 367 cm³/mol. The van der Waals surface area contributed by atoms with E-state index in [1.165, 1.54) is 24.3 Å². The molecule has 0 unspecified atom stereocenters. The number of anilines is 4. The van der Waals surface area contributed by atoms with Gasteiger partial charge in [-0.25, -0.2) is 43.1 Å². The maximum Gasteiger partial charge on any atom is 0.241 e. The Labute approximate surface area is 540 Å². The van der Waals surface area contributed by atoms with E-state index < -0.39 is 75.9 Å². The monoisotopic (exact) mass is 1330 g/mol. The molecule has 8 aromatic rings. The van der Waals surface area contributed by atoms with E-state index in [2.05, 4.69) is 29.5 Å². The predicted octanol–water partition coefficient (Wildman–Crippen LogP) is 7.11. The van der Waals surface area contributed by atoms with Crippen molar-refractivity contribution in [1.82, 2.24) is 29.5 Å². The lowest BCUT2D eigenvalue weighted by atomic mass is 10.1. The van der Waals surface area contributed by atoms with Gasteiger partial charge >= 0.3 is 0 Å².